The molecule has 0 bridgehead atoms. The smallest absolute Gasteiger partial charge is 0.118 e. The minimum atomic E-state index is 0.103. The van der Waals surface area contributed by atoms with E-state index < -0.39 is 0 Å². The van der Waals surface area contributed by atoms with E-state index in [1.54, 1.807) is 18.4 Å². The summed E-state index contributed by atoms with van der Waals surface area (Å²) >= 11 is 5.27. The van der Waals surface area contributed by atoms with E-state index in [-0.39, 0.29) is 6.04 Å². The number of halogens is 1. The normalized spacial score (nSPS) is 12.4. The summed E-state index contributed by atoms with van der Waals surface area (Å²) in [5, 5.41) is 2.07. The van der Waals surface area contributed by atoms with Crippen LogP contribution in [0.15, 0.2) is 40.2 Å². The Morgan fingerprint density at radius 1 is 1.33 bits per heavy atom. The zero-order chi connectivity index (χ0) is 13.0. The number of rotatable bonds is 5. The molecule has 3 nitrogen and oxygen atoms in total. The third-order valence-electron chi connectivity index (χ3n) is 2.80. The van der Waals surface area contributed by atoms with Crippen molar-refractivity contribution in [1.82, 2.24) is 5.43 Å². The molecular weight excluding hydrogens is 312 g/mol. The third-order valence-corrected chi connectivity index (χ3v) is 4.75. The molecular formula is C13H15BrN2OS. The number of methoxy groups -OCH3 is 1. The van der Waals surface area contributed by atoms with Crippen molar-refractivity contribution >= 4 is 27.3 Å². The molecule has 1 aromatic heterocycles. The van der Waals surface area contributed by atoms with Crippen LogP contribution in [0.1, 0.15) is 16.5 Å². The fourth-order valence-corrected chi connectivity index (χ4v) is 3.33. The first-order chi connectivity index (χ1) is 8.74. The van der Waals surface area contributed by atoms with Crippen LogP contribution >= 0.6 is 27.3 Å². The molecule has 1 aromatic carbocycles. The van der Waals surface area contributed by atoms with Crippen molar-refractivity contribution in [3.8, 4) is 5.75 Å². The molecule has 1 atom stereocenters. The maximum Gasteiger partial charge on any atom is 0.118 e. The largest absolute Gasteiger partial charge is 0.497 e. The van der Waals surface area contributed by atoms with E-state index in [1.807, 2.05) is 24.3 Å². The number of benzene rings is 1. The molecule has 1 unspecified atom stereocenters. The van der Waals surface area contributed by atoms with Gasteiger partial charge in [0.15, 0.2) is 0 Å². The van der Waals surface area contributed by atoms with Gasteiger partial charge in [-0.2, -0.15) is 0 Å². The highest BCUT2D eigenvalue weighted by atomic mass is 79.9. The fraction of sp³-hybridized carbons (Fsp3) is 0.231. The maximum absolute atomic E-state index is 5.65. The molecule has 0 aliphatic rings. The van der Waals surface area contributed by atoms with Gasteiger partial charge in [0.05, 0.1) is 13.2 Å². The van der Waals surface area contributed by atoms with Crippen LogP contribution in [0, 0.1) is 0 Å². The lowest BCUT2D eigenvalue weighted by atomic mass is 10.0. The first-order valence-electron chi connectivity index (χ1n) is 5.56. The van der Waals surface area contributed by atoms with Gasteiger partial charge in [-0.1, -0.05) is 12.1 Å². The predicted octanol–water partition coefficient (Wildman–Crippen LogP) is 3.27. The third kappa shape index (κ3) is 3.11. The fourth-order valence-electron chi connectivity index (χ4n) is 1.77. The van der Waals surface area contributed by atoms with Crippen LogP contribution in [0.5, 0.6) is 5.75 Å². The lowest BCUT2D eigenvalue weighted by Gasteiger charge is -2.16. The summed E-state index contributed by atoms with van der Waals surface area (Å²) in [6, 6.07) is 10.1. The van der Waals surface area contributed by atoms with E-state index in [4.69, 9.17) is 10.6 Å². The number of thiophene rings is 1. The molecule has 0 aliphatic heterocycles. The molecule has 0 amide bonds. The van der Waals surface area contributed by atoms with Gasteiger partial charge in [-0.25, -0.2) is 0 Å². The Bertz CT molecular complexity index is 498. The molecule has 96 valence electrons. The monoisotopic (exact) mass is 326 g/mol. The summed E-state index contributed by atoms with van der Waals surface area (Å²) in [6.45, 7) is 0. The van der Waals surface area contributed by atoms with Crippen LogP contribution in [0.25, 0.3) is 0 Å². The van der Waals surface area contributed by atoms with Gasteiger partial charge in [-0.3, -0.25) is 11.3 Å². The van der Waals surface area contributed by atoms with E-state index in [1.165, 1.54) is 4.88 Å². The summed E-state index contributed by atoms with van der Waals surface area (Å²) in [4.78, 5) is 1.29. The SMILES string of the molecule is COc1ccc(C(Cc2sccc2Br)NN)cc1. The van der Waals surface area contributed by atoms with Crippen LogP contribution in [0.3, 0.4) is 0 Å². The molecule has 0 fully saturated rings. The van der Waals surface area contributed by atoms with Crippen molar-refractivity contribution in [3.63, 3.8) is 0 Å². The summed E-state index contributed by atoms with van der Waals surface area (Å²) in [6.07, 6.45) is 0.862. The highest BCUT2D eigenvalue weighted by molar-refractivity contribution is 9.10. The summed E-state index contributed by atoms with van der Waals surface area (Å²) in [5.74, 6) is 6.50. The molecule has 18 heavy (non-hydrogen) atoms. The molecule has 5 heteroatoms. The number of nitrogens with two attached hydrogens (primary N) is 1. The van der Waals surface area contributed by atoms with E-state index in [0.717, 1.165) is 22.2 Å². The number of nitrogens with one attached hydrogen (secondary N) is 1. The van der Waals surface area contributed by atoms with Crippen molar-refractivity contribution < 1.29 is 4.74 Å². The lowest BCUT2D eigenvalue weighted by molar-refractivity contribution is 0.414. The molecule has 2 aromatic rings. The van der Waals surface area contributed by atoms with Crippen molar-refractivity contribution in [2.45, 2.75) is 12.5 Å². The molecule has 0 saturated carbocycles. The van der Waals surface area contributed by atoms with Gasteiger partial charge in [0.2, 0.25) is 0 Å². The Kier molecular flexibility index (Phi) is 4.77. The quantitative estimate of drug-likeness (QED) is 0.654. The zero-order valence-corrected chi connectivity index (χ0v) is 12.4. The number of hydrogen-bond donors (Lipinski definition) is 2. The van der Waals surface area contributed by atoms with Gasteiger partial charge in [0.1, 0.15) is 5.75 Å². The van der Waals surface area contributed by atoms with Crippen molar-refractivity contribution in [2.75, 3.05) is 7.11 Å². The van der Waals surface area contributed by atoms with Crippen LogP contribution in [-0.2, 0) is 6.42 Å². The summed E-state index contributed by atoms with van der Waals surface area (Å²) < 4.78 is 6.29. The number of hydrogen-bond acceptors (Lipinski definition) is 4. The van der Waals surface area contributed by atoms with Gasteiger partial charge >= 0.3 is 0 Å². The highest BCUT2D eigenvalue weighted by Crippen LogP contribution is 2.28. The minimum absolute atomic E-state index is 0.103. The molecule has 3 N–H and O–H groups in total. The Balaban J connectivity index is 2.15. The van der Waals surface area contributed by atoms with E-state index >= 15 is 0 Å². The Hall–Kier alpha value is -0.880. The lowest BCUT2D eigenvalue weighted by Crippen LogP contribution is -2.29. The Labute approximate surface area is 119 Å². The second-order valence-electron chi connectivity index (χ2n) is 3.89. The Morgan fingerprint density at radius 2 is 2.06 bits per heavy atom. The van der Waals surface area contributed by atoms with Crippen molar-refractivity contribution in [2.24, 2.45) is 5.84 Å². The average molecular weight is 327 g/mol. The summed E-state index contributed by atoms with van der Waals surface area (Å²) in [5.41, 5.74) is 4.02. The molecule has 0 spiro atoms. The van der Waals surface area contributed by atoms with E-state index in [2.05, 4.69) is 32.8 Å². The molecule has 2 rings (SSSR count). The van der Waals surface area contributed by atoms with Crippen LogP contribution in [-0.4, -0.2) is 7.11 Å². The first kappa shape index (κ1) is 13.5. The van der Waals surface area contributed by atoms with Crippen molar-refractivity contribution in [1.29, 1.82) is 0 Å². The second-order valence-corrected chi connectivity index (χ2v) is 5.74. The molecule has 0 radical (unpaired) electrons. The minimum Gasteiger partial charge on any atom is -0.497 e. The highest BCUT2D eigenvalue weighted by Gasteiger charge is 2.13. The van der Waals surface area contributed by atoms with Gasteiger partial charge in [0, 0.05) is 15.8 Å². The topological polar surface area (TPSA) is 47.3 Å². The second kappa shape index (κ2) is 6.33. The van der Waals surface area contributed by atoms with Gasteiger partial charge in [-0.15, -0.1) is 11.3 Å². The van der Waals surface area contributed by atoms with Crippen LogP contribution < -0.4 is 16.0 Å². The predicted molar refractivity (Wildman–Crippen MR) is 78.8 cm³/mol. The molecule has 0 saturated heterocycles. The standard InChI is InChI=1S/C13H15BrN2OS/c1-17-10-4-2-9(3-5-10)12(16-15)8-13-11(14)6-7-18-13/h2-7,12,16H,8,15H2,1H3. The average Bonchev–Trinajstić information content (AvgIpc) is 2.81. The van der Waals surface area contributed by atoms with Crippen LogP contribution in [0.2, 0.25) is 0 Å². The van der Waals surface area contributed by atoms with E-state index in [9.17, 15) is 0 Å². The molecule has 0 aliphatic carbocycles. The van der Waals surface area contributed by atoms with E-state index in [0.29, 0.717) is 0 Å². The summed E-state index contributed by atoms with van der Waals surface area (Å²) in [7, 11) is 1.66. The van der Waals surface area contributed by atoms with Crippen molar-refractivity contribution in [3.05, 3.63) is 50.6 Å². The number of hydrazine groups is 1. The van der Waals surface area contributed by atoms with Gasteiger partial charge < -0.3 is 4.74 Å². The Morgan fingerprint density at radius 3 is 2.56 bits per heavy atom. The first-order valence-corrected chi connectivity index (χ1v) is 7.24. The van der Waals surface area contributed by atoms with Crippen LogP contribution in [0.4, 0.5) is 0 Å². The van der Waals surface area contributed by atoms with Gasteiger partial charge in [-0.05, 0) is 45.1 Å². The zero-order valence-electron chi connectivity index (χ0n) is 10.0. The molecule has 1 heterocycles. The van der Waals surface area contributed by atoms with Gasteiger partial charge in [0.25, 0.3) is 0 Å². The maximum atomic E-state index is 5.65. The number of ether oxygens (including phenoxy) is 1.